The molecule has 1 heterocycles. The molecule has 1 aliphatic rings. The second-order valence-corrected chi connectivity index (χ2v) is 9.52. The quantitative estimate of drug-likeness (QED) is 0.668. The van der Waals surface area contributed by atoms with E-state index in [1.54, 1.807) is 0 Å². The number of rotatable bonds is 3. The van der Waals surface area contributed by atoms with E-state index in [-0.39, 0.29) is 0 Å². The summed E-state index contributed by atoms with van der Waals surface area (Å²) >= 11 is 0. The van der Waals surface area contributed by atoms with Crippen LogP contribution in [0.2, 0.25) is 0 Å². The van der Waals surface area contributed by atoms with Crippen molar-refractivity contribution >= 4 is 5.97 Å². The van der Waals surface area contributed by atoms with E-state index < -0.39 is 5.97 Å². The minimum Gasteiger partial charge on any atom is -0.478 e. The lowest BCUT2D eigenvalue weighted by molar-refractivity contribution is 0.0694. The van der Waals surface area contributed by atoms with Gasteiger partial charge in [-0.05, 0) is 68.4 Å². The standard InChI is InChI=1S/C23H37NO2/c1-15(2)18-9-7-8-10-19(14-23(5,6)12-11-18)20-13-16(3)21(22(25)26)17(4)24-20/h13,15,18-19H,7-12,14H2,1-6H3,(H,25,26). The summed E-state index contributed by atoms with van der Waals surface area (Å²) in [7, 11) is 0. The monoisotopic (exact) mass is 359 g/mol. The van der Waals surface area contributed by atoms with Crippen molar-refractivity contribution in [2.75, 3.05) is 0 Å². The van der Waals surface area contributed by atoms with Gasteiger partial charge in [0.1, 0.15) is 0 Å². The number of aryl methyl sites for hydroxylation is 2. The molecule has 0 aromatic carbocycles. The number of hydrogen-bond acceptors (Lipinski definition) is 2. The molecule has 0 amide bonds. The topological polar surface area (TPSA) is 50.2 Å². The minimum absolute atomic E-state index is 0.296. The zero-order chi connectivity index (χ0) is 19.5. The van der Waals surface area contributed by atoms with Gasteiger partial charge in [-0.3, -0.25) is 4.98 Å². The SMILES string of the molecule is Cc1cc(C2CCCCC(C(C)C)CCC(C)(C)C2)nc(C)c1C(=O)O. The van der Waals surface area contributed by atoms with Crippen molar-refractivity contribution in [3.05, 3.63) is 28.6 Å². The first kappa shape index (κ1) is 20.9. The molecule has 0 bridgehead atoms. The Bertz CT molecular complexity index is 610. The molecule has 3 nitrogen and oxygen atoms in total. The van der Waals surface area contributed by atoms with Crippen LogP contribution in [0.15, 0.2) is 6.07 Å². The van der Waals surface area contributed by atoms with Crippen LogP contribution in [0, 0.1) is 31.1 Å². The van der Waals surface area contributed by atoms with Gasteiger partial charge >= 0.3 is 5.97 Å². The summed E-state index contributed by atoms with van der Waals surface area (Å²) in [5.41, 5.74) is 3.26. The van der Waals surface area contributed by atoms with Crippen molar-refractivity contribution in [1.29, 1.82) is 0 Å². The highest BCUT2D eigenvalue weighted by atomic mass is 16.4. The van der Waals surface area contributed by atoms with E-state index in [1.165, 1.54) is 32.1 Å². The van der Waals surface area contributed by atoms with Crippen LogP contribution >= 0.6 is 0 Å². The average Bonchev–Trinajstić information content (AvgIpc) is 2.51. The highest BCUT2D eigenvalue weighted by molar-refractivity contribution is 5.90. The van der Waals surface area contributed by atoms with Crippen LogP contribution in [0.3, 0.4) is 0 Å². The van der Waals surface area contributed by atoms with E-state index in [9.17, 15) is 9.90 Å². The van der Waals surface area contributed by atoms with Crippen LogP contribution in [-0.2, 0) is 0 Å². The molecule has 1 fully saturated rings. The third-order valence-electron chi connectivity index (χ3n) is 6.36. The minimum atomic E-state index is -0.870. The Kier molecular flexibility index (Phi) is 6.87. The Morgan fingerprint density at radius 3 is 2.42 bits per heavy atom. The molecule has 0 aliphatic heterocycles. The summed E-state index contributed by atoms with van der Waals surface area (Å²) in [6.45, 7) is 13.3. The van der Waals surface area contributed by atoms with Crippen molar-refractivity contribution in [3.8, 4) is 0 Å². The summed E-state index contributed by atoms with van der Waals surface area (Å²) in [4.78, 5) is 16.2. The lowest BCUT2D eigenvalue weighted by atomic mass is 9.72. The second-order valence-electron chi connectivity index (χ2n) is 9.52. The highest BCUT2D eigenvalue weighted by Gasteiger charge is 2.29. The van der Waals surface area contributed by atoms with Crippen LogP contribution in [0.4, 0.5) is 0 Å². The van der Waals surface area contributed by atoms with Gasteiger partial charge in [0.25, 0.3) is 0 Å². The molecule has 3 heteroatoms. The number of carboxylic acids is 1. The van der Waals surface area contributed by atoms with Gasteiger partial charge in [0.15, 0.2) is 0 Å². The number of pyridine rings is 1. The number of carbonyl (C=O) groups is 1. The first-order valence-electron chi connectivity index (χ1n) is 10.3. The molecular weight excluding hydrogens is 322 g/mol. The summed E-state index contributed by atoms with van der Waals surface area (Å²) in [5.74, 6) is 1.19. The predicted molar refractivity (Wildman–Crippen MR) is 108 cm³/mol. The van der Waals surface area contributed by atoms with Crippen LogP contribution in [0.25, 0.3) is 0 Å². The Balaban J connectivity index is 2.25. The molecule has 1 aromatic rings. The van der Waals surface area contributed by atoms with Gasteiger partial charge in [-0.2, -0.15) is 0 Å². The van der Waals surface area contributed by atoms with Crippen LogP contribution < -0.4 is 0 Å². The van der Waals surface area contributed by atoms with Crippen molar-refractivity contribution in [2.45, 2.75) is 92.4 Å². The third-order valence-corrected chi connectivity index (χ3v) is 6.36. The Morgan fingerprint density at radius 2 is 1.85 bits per heavy atom. The molecule has 26 heavy (non-hydrogen) atoms. The van der Waals surface area contributed by atoms with Gasteiger partial charge < -0.3 is 5.11 Å². The Hall–Kier alpha value is -1.38. The van der Waals surface area contributed by atoms with Gasteiger partial charge in [0.05, 0.1) is 11.3 Å². The van der Waals surface area contributed by atoms with Gasteiger partial charge in [0, 0.05) is 11.6 Å². The van der Waals surface area contributed by atoms with E-state index in [0.717, 1.165) is 35.9 Å². The first-order chi connectivity index (χ1) is 12.1. The lowest BCUT2D eigenvalue weighted by Crippen LogP contribution is -2.22. The molecule has 146 valence electrons. The molecule has 0 saturated heterocycles. The summed E-state index contributed by atoms with van der Waals surface area (Å²) < 4.78 is 0. The van der Waals surface area contributed by atoms with Gasteiger partial charge in [0.2, 0.25) is 0 Å². The molecular formula is C23H37NO2. The van der Waals surface area contributed by atoms with E-state index >= 15 is 0 Å². The Labute approximate surface area is 159 Å². The molecule has 1 N–H and O–H groups in total. The highest BCUT2D eigenvalue weighted by Crippen LogP contribution is 2.41. The molecule has 1 saturated carbocycles. The van der Waals surface area contributed by atoms with Crippen LogP contribution in [0.1, 0.15) is 106 Å². The summed E-state index contributed by atoms with van der Waals surface area (Å²) in [5, 5.41) is 9.41. The Morgan fingerprint density at radius 1 is 1.19 bits per heavy atom. The predicted octanol–water partition coefficient (Wildman–Crippen LogP) is 6.52. The fourth-order valence-electron chi connectivity index (χ4n) is 4.70. The van der Waals surface area contributed by atoms with Crippen LogP contribution in [0.5, 0.6) is 0 Å². The molecule has 0 spiro atoms. The van der Waals surface area contributed by atoms with Crippen molar-refractivity contribution < 1.29 is 9.90 Å². The van der Waals surface area contributed by atoms with Gasteiger partial charge in [-0.15, -0.1) is 0 Å². The largest absolute Gasteiger partial charge is 0.478 e. The maximum absolute atomic E-state index is 11.5. The summed E-state index contributed by atoms with van der Waals surface area (Å²) in [6, 6.07) is 2.03. The fraction of sp³-hybridized carbons (Fsp3) is 0.739. The zero-order valence-corrected chi connectivity index (χ0v) is 17.6. The first-order valence-corrected chi connectivity index (χ1v) is 10.3. The maximum Gasteiger partial charge on any atom is 0.337 e. The molecule has 1 aromatic heterocycles. The van der Waals surface area contributed by atoms with Crippen molar-refractivity contribution in [2.24, 2.45) is 17.3 Å². The van der Waals surface area contributed by atoms with Gasteiger partial charge in [-0.1, -0.05) is 47.0 Å². The number of nitrogens with zero attached hydrogens (tertiary/aromatic N) is 1. The molecule has 0 radical (unpaired) electrons. The number of carboxylic acid groups (broad SMARTS) is 1. The second kappa shape index (κ2) is 8.54. The third kappa shape index (κ3) is 5.31. The summed E-state index contributed by atoms with van der Waals surface area (Å²) in [6.07, 6.45) is 8.75. The smallest absolute Gasteiger partial charge is 0.337 e. The van der Waals surface area contributed by atoms with E-state index in [2.05, 4.69) is 27.7 Å². The van der Waals surface area contributed by atoms with E-state index in [1.807, 2.05) is 19.9 Å². The number of aromatic nitrogens is 1. The van der Waals surface area contributed by atoms with E-state index in [4.69, 9.17) is 4.98 Å². The molecule has 2 rings (SSSR count). The van der Waals surface area contributed by atoms with Crippen molar-refractivity contribution in [3.63, 3.8) is 0 Å². The lowest BCUT2D eigenvalue weighted by Gasteiger charge is -2.34. The van der Waals surface area contributed by atoms with E-state index in [0.29, 0.717) is 22.6 Å². The molecule has 2 atom stereocenters. The van der Waals surface area contributed by atoms with Crippen molar-refractivity contribution in [1.82, 2.24) is 4.98 Å². The van der Waals surface area contributed by atoms with Gasteiger partial charge in [-0.25, -0.2) is 4.79 Å². The maximum atomic E-state index is 11.5. The number of hydrogen-bond donors (Lipinski definition) is 1. The molecule has 1 aliphatic carbocycles. The molecule has 2 unspecified atom stereocenters. The normalized spacial score (nSPS) is 24.4. The number of aromatic carboxylic acids is 1. The van der Waals surface area contributed by atoms with Crippen LogP contribution in [-0.4, -0.2) is 16.1 Å². The average molecular weight is 360 g/mol. The zero-order valence-electron chi connectivity index (χ0n) is 17.6. The fourth-order valence-corrected chi connectivity index (χ4v) is 4.70.